The molecule has 3 nitrogen and oxygen atoms in total. The SMILES string of the molecule is C/C=C/C(=O)N1CCC(C(C)N)CC1. The van der Waals surface area contributed by atoms with Crippen molar-refractivity contribution in [1.82, 2.24) is 4.90 Å². The van der Waals surface area contributed by atoms with Crippen LogP contribution >= 0.6 is 0 Å². The highest BCUT2D eigenvalue weighted by molar-refractivity contribution is 5.87. The van der Waals surface area contributed by atoms with Gasteiger partial charge in [0.15, 0.2) is 0 Å². The molecule has 0 bridgehead atoms. The molecule has 1 fully saturated rings. The van der Waals surface area contributed by atoms with Crippen LogP contribution in [0, 0.1) is 5.92 Å². The van der Waals surface area contributed by atoms with E-state index in [1.54, 1.807) is 12.2 Å². The van der Waals surface area contributed by atoms with Crippen LogP contribution in [0.3, 0.4) is 0 Å². The number of hydrogen-bond acceptors (Lipinski definition) is 2. The van der Waals surface area contributed by atoms with Crippen LogP contribution in [0.15, 0.2) is 12.2 Å². The molecule has 0 aromatic rings. The van der Waals surface area contributed by atoms with Gasteiger partial charge in [0.1, 0.15) is 0 Å². The largest absolute Gasteiger partial charge is 0.339 e. The lowest BCUT2D eigenvalue weighted by Gasteiger charge is -2.33. The number of hydrogen-bond donors (Lipinski definition) is 1. The predicted octanol–water partition coefficient (Wildman–Crippen LogP) is 1.15. The van der Waals surface area contributed by atoms with E-state index in [2.05, 4.69) is 0 Å². The van der Waals surface area contributed by atoms with Crippen molar-refractivity contribution in [3.05, 3.63) is 12.2 Å². The molecule has 0 saturated carbocycles. The van der Waals surface area contributed by atoms with Crippen LogP contribution in [-0.2, 0) is 4.79 Å². The Kier molecular flexibility index (Phi) is 4.14. The van der Waals surface area contributed by atoms with Gasteiger partial charge in [-0.05, 0) is 38.7 Å². The van der Waals surface area contributed by atoms with Crippen LogP contribution < -0.4 is 5.73 Å². The first-order valence-corrected chi connectivity index (χ1v) is 5.32. The van der Waals surface area contributed by atoms with E-state index < -0.39 is 0 Å². The molecule has 0 aliphatic carbocycles. The summed E-state index contributed by atoms with van der Waals surface area (Å²) >= 11 is 0. The lowest BCUT2D eigenvalue weighted by atomic mass is 9.91. The Balaban J connectivity index is 2.39. The summed E-state index contributed by atoms with van der Waals surface area (Å²) in [5, 5.41) is 0. The van der Waals surface area contributed by atoms with Gasteiger partial charge in [0.05, 0.1) is 0 Å². The van der Waals surface area contributed by atoms with Gasteiger partial charge >= 0.3 is 0 Å². The third-order valence-electron chi connectivity index (χ3n) is 2.90. The summed E-state index contributed by atoms with van der Waals surface area (Å²) in [6.45, 7) is 5.63. The first-order valence-electron chi connectivity index (χ1n) is 5.32. The third kappa shape index (κ3) is 2.84. The molecule has 14 heavy (non-hydrogen) atoms. The Morgan fingerprint density at radius 2 is 2.07 bits per heavy atom. The number of piperidine rings is 1. The fraction of sp³-hybridized carbons (Fsp3) is 0.727. The lowest BCUT2D eigenvalue weighted by Crippen LogP contribution is -2.41. The van der Waals surface area contributed by atoms with E-state index in [0.29, 0.717) is 5.92 Å². The molecule has 0 spiro atoms. The van der Waals surface area contributed by atoms with E-state index in [4.69, 9.17) is 5.73 Å². The first-order chi connectivity index (χ1) is 6.65. The molecule has 80 valence electrons. The minimum atomic E-state index is 0.135. The minimum absolute atomic E-state index is 0.135. The number of likely N-dealkylation sites (tertiary alicyclic amines) is 1. The molecule has 0 aromatic heterocycles. The average Bonchev–Trinajstić information content (AvgIpc) is 2.18. The number of allylic oxidation sites excluding steroid dienone is 1. The standard InChI is InChI=1S/C11H20N2O/c1-3-4-11(14)13-7-5-10(6-8-13)9(2)12/h3-4,9-10H,5-8,12H2,1-2H3/b4-3+. The van der Waals surface area contributed by atoms with Crippen molar-refractivity contribution in [2.45, 2.75) is 32.7 Å². The molecule has 1 heterocycles. The molecular formula is C11H20N2O. The molecule has 0 radical (unpaired) electrons. The van der Waals surface area contributed by atoms with Gasteiger partial charge in [-0.25, -0.2) is 0 Å². The zero-order valence-corrected chi connectivity index (χ0v) is 9.07. The summed E-state index contributed by atoms with van der Waals surface area (Å²) in [5.74, 6) is 0.722. The maximum Gasteiger partial charge on any atom is 0.246 e. The van der Waals surface area contributed by atoms with Gasteiger partial charge in [-0.3, -0.25) is 4.79 Å². The number of carbonyl (C=O) groups excluding carboxylic acids is 1. The van der Waals surface area contributed by atoms with E-state index in [9.17, 15) is 4.79 Å². The van der Waals surface area contributed by atoms with Gasteiger partial charge in [0, 0.05) is 19.1 Å². The summed E-state index contributed by atoms with van der Waals surface area (Å²) in [6.07, 6.45) is 5.51. The third-order valence-corrected chi connectivity index (χ3v) is 2.90. The van der Waals surface area contributed by atoms with Crippen molar-refractivity contribution >= 4 is 5.91 Å². The van der Waals surface area contributed by atoms with Crippen LogP contribution in [0.2, 0.25) is 0 Å². The van der Waals surface area contributed by atoms with Gasteiger partial charge in [-0.15, -0.1) is 0 Å². The van der Waals surface area contributed by atoms with Crippen LogP contribution in [0.25, 0.3) is 0 Å². The van der Waals surface area contributed by atoms with Crippen molar-refractivity contribution < 1.29 is 4.79 Å². The highest BCUT2D eigenvalue weighted by Crippen LogP contribution is 2.19. The van der Waals surface area contributed by atoms with Crippen molar-refractivity contribution in [2.75, 3.05) is 13.1 Å². The Morgan fingerprint density at radius 3 is 2.50 bits per heavy atom. The summed E-state index contributed by atoms with van der Waals surface area (Å²) in [6, 6.07) is 0.258. The maximum absolute atomic E-state index is 11.5. The summed E-state index contributed by atoms with van der Waals surface area (Å²) in [5.41, 5.74) is 5.83. The smallest absolute Gasteiger partial charge is 0.246 e. The van der Waals surface area contributed by atoms with Crippen LogP contribution in [0.1, 0.15) is 26.7 Å². The van der Waals surface area contributed by atoms with Crippen LogP contribution in [0.5, 0.6) is 0 Å². The normalized spacial score (nSPS) is 21.5. The summed E-state index contributed by atoms with van der Waals surface area (Å²) < 4.78 is 0. The molecule has 1 atom stereocenters. The Morgan fingerprint density at radius 1 is 1.50 bits per heavy atom. The van der Waals surface area contributed by atoms with E-state index in [1.165, 1.54) is 0 Å². The van der Waals surface area contributed by atoms with Crippen molar-refractivity contribution in [3.8, 4) is 0 Å². The van der Waals surface area contributed by atoms with Gasteiger partial charge < -0.3 is 10.6 Å². The fourth-order valence-corrected chi connectivity index (χ4v) is 1.89. The first kappa shape index (κ1) is 11.2. The number of carbonyl (C=O) groups is 1. The molecule has 0 aromatic carbocycles. The molecule has 3 heteroatoms. The Labute approximate surface area is 86.0 Å². The second-order valence-electron chi connectivity index (χ2n) is 4.02. The molecule has 1 saturated heterocycles. The van der Waals surface area contributed by atoms with Gasteiger partial charge in [-0.1, -0.05) is 6.08 Å². The van der Waals surface area contributed by atoms with Gasteiger partial charge in [-0.2, -0.15) is 0 Å². The highest BCUT2D eigenvalue weighted by Gasteiger charge is 2.23. The molecule has 1 aliphatic rings. The molecule has 1 unspecified atom stereocenters. The quantitative estimate of drug-likeness (QED) is 0.673. The molecule has 1 rings (SSSR count). The second kappa shape index (κ2) is 5.15. The second-order valence-corrected chi connectivity index (χ2v) is 4.02. The fourth-order valence-electron chi connectivity index (χ4n) is 1.89. The van der Waals surface area contributed by atoms with Gasteiger partial charge in [0.2, 0.25) is 5.91 Å². The minimum Gasteiger partial charge on any atom is -0.339 e. The Hall–Kier alpha value is -0.830. The maximum atomic E-state index is 11.5. The van der Waals surface area contributed by atoms with E-state index in [1.807, 2.05) is 18.7 Å². The molecule has 1 amide bonds. The highest BCUT2D eigenvalue weighted by atomic mass is 16.2. The van der Waals surface area contributed by atoms with Crippen LogP contribution in [0.4, 0.5) is 0 Å². The van der Waals surface area contributed by atoms with Gasteiger partial charge in [0.25, 0.3) is 0 Å². The number of amides is 1. The number of nitrogens with zero attached hydrogens (tertiary/aromatic N) is 1. The zero-order chi connectivity index (χ0) is 10.6. The molecular weight excluding hydrogens is 176 g/mol. The average molecular weight is 196 g/mol. The Bertz CT molecular complexity index is 215. The van der Waals surface area contributed by atoms with E-state index >= 15 is 0 Å². The summed E-state index contributed by atoms with van der Waals surface area (Å²) in [4.78, 5) is 13.4. The van der Waals surface area contributed by atoms with E-state index in [0.717, 1.165) is 25.9 Å². The zero-order valence-electron chi connectivity index (χ0n) is 9.07. The van der Waals surface area contributed by atoms with Crippen molar-refractivity contribution in [1.29, 1.82) is 0 Å². The van der Waals surface area contributed by atoms with E-state index in [-0.39, 0.29) is 11.9 Å². The monoisotopic (exact) mass is 196 g/mol. The molecule has 1 aliphatic heterocycles. The molecule has 2 N–H and O–H groups in total. The van der Waals surface area contributed by atoms with Crippen molar-refractivity contribution in [3.63, 3.8) is 0 Å². The topological polar surface area (TPSA) is 46.3 Å². The number of nitrogens with two attached hydrogens (primary N) is 1. The van der Waals surface area contributed by atoms with Crippen molar-refractivity contribution in [2.24, 2.45) is 11.7 Å². The summed E-state index contributed by atoms with van der Waals surface area (Å²) in [7, 11) is 0. The number of rotatable bonds is 2. The predicted molar refractivity (Wildman–Crippen MR) is 57.8 cm³/mol. The lowest BCUT2D eigenvalue weighted by molar-refractivity contribution is -0.127. The van der Waals surface area contributed by atoms with Crippen LogP contribution in [-0.4, -0.2) is 29.9 Å².